The first kappa shape index (κ1) is 13.4. The summed E-state index contributed by atoms with van der Waals surface area (Å²) in [5.74, 6) is -0.631. The summed E-state index contributed by atoms with van der Waals surface area (Å²) in [7, 11) is -3.80. The second-order valence-electron chi connectivity index (χ2n) is 3.48. The Bertz CT molecular complexity index is 685. The van der Waals surface area contributed by atoms with E-state index in [0.717, 1.165) is 11.8 Å². The van der Waals surface area contributed by atoms with Crippen LogP contribution in [0.15, 0.2) is 32.9 Å². The number of benzene rings is 1. The molecule has 18 heavy (non-hydrogen) atoms. The fourth-order valence-corrected chi connectivity index (χ4v) is 3.42. The van der Waals surface area contributed by atoms with Crippen LogP contribution in [0.3, 0.4) is 0 Å². The van der Waals surface area contributed by atoms with E-state index in [0.29, 0.717) is 0 Å². The van der Waals surface area contributed by atoms with Gasteiger partial charge in [0.15, 0.2) is 5.13 Å². The summed E-state index contributed by atoms with van der Waals surface area (Å²) < 4.78 is 39.7. The first-order valence-electron chi connectivity index (χ1n) is 4.78. The van der Waals surface area contributed by atoms with Gasteiger partial charge in [0.25, 0.3) is 10.0 Å². The molecule has 8 heteroatoms. The zero-order valence-corrected chi connectivity index (χ0v) is 12.4. The number of nitrogens with zero attached hydrogens (tertiary/aromatic N) is 1. The van der Waals surface area contributed by atoms with E-state index < -0.39 is 15.8 Å². The summed E-state index contributed by atoms with van der Waals surface area (Å²) in [6, 6.07) is 3.61. The molecular weight excluding hydrogens is 343 g/mol. The molecule has 2 rings (SSSR count). The Kier molecular flexibility index (Phi) is 3.69. The van der Waals surface area contributed by atoms with Crippen LogP contribution < -0.4 is 4.72 Å². The lowest BCUT2D eigenvalue weighted by Gasteiger charge is -2.05. The lowest BCUT2D eigenvalue weighted by molar-refractivity contribution is 0.593. The van der Waals surface area contributed by atoms with Gasteiger partial charge >= 0.3 is 0 Å². The van der Waals surface area contributed by atoms with Crippen molar-refractivity contribution in [3.05, 3.63) is 39.6 Å². The first-order chi connectivity index (χ1) is 8.38. The molecule has 4 nitrogen and oxygen atoms in total. The Hall–Kier alpha value is -0.990. The third-order valence-corrected chi connectivity index (χ3v) is 5.03. The molecule has 0 radical (unpaired) electrons. The predicted molar refractivity (Wildman–Crippen MR) is 71.8 cm³/mol. The molecule has 96 valence electrons. The van der Waals surface area contributed by atoms with Crippen LogP contribution in [0, 0.1) is 12.7 Å². The van der Waals surface area contributed by atoms with Gasteiger partial charge in [-0.3, -0.25) is 4.72 Å². The molecule has 0 aliphatic carbocycles. The van der Waals surface area contributed by atoms with Crippen molar-refractivity contribution in [1.82, 2.24) is 4.98 Å². The molecule has 1 aromatic carbocycles. The molecule has 0 aliphatic rings. The van der Waals surface area contributed by atoms with E-state index in [-0.39, 0.29) is 14.5 Å². The van der Waals surface area contributed by atoms with Crippen LogP contribution in [0.2, 0.25) is 0 Å². The third kappa shape index (κ3) is 2.88. The molecule has 1 aromatic heterocycles. The largest absolute Gasteiger partial charge is 0.263 e. The summed E-state index contributed by atoms with van der Waals surface area (Å²) in [5, 5.41) is 1.98. The Balaban J connectivity index is 2.33. The van der Waals surface area contributed by atoms with Gasteiger partial charge in [-0.1, -0.05) is 0 Å². The van der Waals surface area contributed by atoms with Gasteiger partial charge in [0.05, 0.1) is 15.1 Å². The zero-order valence-electron chi connectivity index (χ0n) is 9.15. The number of rotatable bonds is 3. The maximum absolute atomic E-state index is 13.3. The monoisotopic (exact) mass is 350 g/mol. The van der Waals surface area contributed by atoms with Crippen LogP contribution in [-0.2, 0) is 10.0 Å². The number of nitrogens with one attached hydrogen (secondary N) is 1. The number of hydrogen-bond acceptors (Lipinski definition) is 4. The highest BCUT2D eigenvalue weighted by Crippen LogP contribution is 2.23. The summed E-state index contributed by atoms with van der Waals surface area (Å²) in [4.78, 5) is 3.84. The molecule has 0 saturated carbocycles. The number of hydrogen-bond donors (Lipinski definition) is 1. The highest BCUT2D eigenvalue weighted by Gasteiger charge is 2.17. The van der Waals surface area contributed by atoms with Crippen molar-refractivity contribution in [2.75, 3.05) is 4.72 Å². The highest BCUT2D eigenvalue weighted by atomic mass is 79.9. The molecule has 2 aromatic rings. The Morgan fingerprint density at radius 1 is 1.44 bits per heavy atom. The maximum Gasteiger partial charge on any atom is 0.263 e. The number of aromatic nitrogens is 1. The molecule has 0 atom stereocenters. The molecule has 0 unspecified atom stereocenters. The molecule has 0 aliphatic heterocycles. The summed E-state index contributed by atoms with van der Waals surface area (Å²) in [6.07, 6.45) is 0. The number of aryl methyl sites for hydroxylation is 1. The Morgan fingerprint density at radius 2 is 2.17 bits per heavy atom. The number of sulfonamides is 1. The standard InChI is InChI=1S/C10H8BrFN2O2S2/c1-6-5-17-10(13-6)14-18(15,16)7-2-3-8(11)9(12)4-7/h2-5H,1H3,(H,13,14). The first-order valence-corrected chi connectivity index (χ1v) is 7.94. The van der Waals surface area contributed by atoms with Crippen molar-refractivity contribution < 1.29 is 12.8 Å². The number of halogens is 2. The van der Waals surface area contributed by atoms with E-state index in [1.54, 1.807) is 12.3 Å². The molecule has 1 heterocycles. The smallest absolute Gasteiger partial charge is 0.255 e. The minimum atomic E-state index is -3.80. The van der Waals surface area contributed by atoms with Crippen molar-refractivity contribution in [2.24, 2.45) is 0 Å². The average Bonchev–Trinajstić information content (AvgIpc) is 2.67. The third-order valence-electron chi connectivity index (χ3n) is 2.04. The van der Waals surface area contributed by atoms with Gasteiger partial charge in [-0.05, 0) is 41.1 Å². The van der Waals surface area contributed by atoms with Crippen molar-refractivity contribution in [3.8, 4) is 0 Å². The molecule has 0 fully saturated rings. The summed E-state index contributed by atoms with van der Waals surface area (Å²) in [5.41, 5.74) is 0.722. The fourth-order valence-electron chi connectivity index (χ4n) is 1.22. The van der Waals surface area contributed by atoms with Crippen LogP contribution in [0.5, 0.6) is 0 Å². The Morgan fingerprint density at radius 3 is 2.72 bits per heavy atom. The van der Waals surface area contributed by atoms with E-state index in [9.17, 15) is 12.8 Å². The Labute approximate surface area is 116 Å². The van der Waals surface area contributed by atoms with Crippen LogP contribution in [0.1, 0.15) is 5.69 Å². The molecule has 0 saturated heterocycles. The van der Waals surface area contributed by atoms with E-state index in [4.69, 9.17) is 0 Å². The van der Waals surface area contributed by atoms with E-state index >= 15 is 0 Å². The van der Waals surface area contributed by atoms with Gasteiger partial charge < -0.3 is 0 Å². The molecule has 0 spiro atoms. The predicted octanol–water partition coefficient (Wildman–Crippen LogP) is 3.15. The summed E-state index contributed by atoms with van der Waals surface area (Å²) in [6.45, 7) is 1.76. The number of thiazole rings is 1. The lowest BCUT2D eigenvalue weighted by Crippen LogP contribution is -2.13. The quantitative estimate of drug-likeness (QED) is 0.924. The molecule has 0 bridgehead atoms. The molecular formula is C10H8BrFN2O2S2. The normalized spacial score (nSPS) is 11.5. The highest BCUT2D eigenvalue weighted by molar-refractivity contribution is 9.10. The van der Waals surface area contributed by atoms with Gasteiger partial charge in [-0.15, -0.1) is 11.3 Å². The SMILES string of the molecule is Cc1csc(NS(=O)(=O)c2ccc(Br)c(F)c2)n1. The summed E-state index contributed by atoms with van der Waals surface area (Å²) >= 11 is 4.14. The maximum atomic E-state index is 13.3. The minimum Gasteiger partial charge on any atom is -0.255 e. The zero-order chi connectivity index (χ0) is 13.3. The second-order valence-corrected chi connectivity index (χ2v) is 6.87. The van der Waals surface area contributed by atoms with Crippen LogP contribution in [0.4, 0.5) is 9.52 Å². The van der Waals surface area contributed by atoms with Gasteiger partial charge in [-0.2, -0.15) is 0 Å². The van der Waals surface area contributed by atoms with E-state index in [1.165, 1.54) is 23.5 Å². The van der Waals surface area contributed by atoms with Crippen LogP contribution >= 0.6 is 27.3 Å². The van der Waals surface area contributed by atoms with Crippen LogP contribution in [0.25, 0.3) is 0 Å². The molecule has 0 amide bonds. The number of anilines is 1. The molecule has 1 N–H and O–H groups in total. The van der Waals surface area contributed by atoms with Gasteiger partial charge in [-0.25, -0.2) is 17.8 Å². The second kappa shape index (κ2) is 4.94. The fraction of sp³-hybridized carbons (Fsp3) is 0.100. The van der Waals surface area contributed by atoms with Crippen molar-refractivity contribution in [2.45, 2.75) is 11.8 Å². The van der Waals surface area contributed by atoms with E-state index in [2.05, 4.69) is 25.6 Å². The van der Waals surface area contributed by atoms with Crippen molar-refractivity contribution >= 4 is 42.4 Å². The van der Waals surface area contributed by atoms with Gasteiger partial charge in [0.1, 0.15) is 5.82 Å². The van der Waals surface area contributed by atoms with Gasteiger partial charge in [0, 0.05) is 5.38 Å². The topological polar surface area (TPSA) is 59.1 Å². The van der Waals surface area contributed by atoms with Gasteiger partial charge in [0.2, 0.25) is 0 Å². The van der Waals surface area contributed by atoms with Crippen molar-refractivity contribution in [1.29, 1.82) is 0 Å². The average molecular weight is 351 g/mol. The minimum absolute atomic E-state index is 0.143. The van der Waals surface area contributed by atoms with Crippen molar-refractivity contribution in [3.63, 3.8) is 0 Å². The van der Waals surface area contributed by atoms with Crippen LogP contribution in [-0.4, -0.2) is 13.4 Å². The van der Waals surface area contributed by atoms with E-state index in [1.807, 2.05) is 0 Å². The lowest BCUT2D eigenvalue weighted by atomic mass is 10.3.